The smallest absolute Gasteiger partial charge is 0.182 e. The van der Waals surface area contributed by atoms with Crippen molar-refractivity contribution in [3.05, 3.63) is 59.1 Å². The van der Waals surface area contributed by atoms with E-state index in [9.17, 15) is 9.50 Å². The number of aromatic nitrogens is 4. The van der Waals surface area contributed by atoms with Gasteiger partial charge in [-0.2, -0.15) is 15.5 Å². The predicted molar refractivity (Wildman–Crippen MR) is 146 cm³/mol. The van der Waals surface area contributed by atoms with E-state index in [4.69, 9.17) is 20.2 Å². The summed E-state index contributed by atoms with van der Waals surface area (Å²) in [6.07, 6.45) is 7.32. The van der Waals surface area contributed by atoms with Crippen molar-refractivity contribution in [1.29, 1.82) is 5.26 Å². The molecule has 206 valence electrons. The summed E-state index contributed by atoms with van der Waals surface area (Å²) >= 11 is 0. The largest absolute Gasteiger partial charge is 0.487 e. The average molecular weight is 536 g/mol. The second-order valence-electron chi connectivity index (χ2n) is 9.59. The first kappa shape index (κ1) is 28.0. The zero-order valence-electron chi connectivity index (χ0n) is 22.2. The summed E-state index contributed by atoms with van der Waals surface area (Å²) in [4.78, 5) is 4.12. The Hall–Kier alpha value is -4.01. The molecule has 2 aromatic heterocycles. The van der Waals surface area contributed by atoms with Crippen LogP contribution in [0, 0.1) is 24.1 Å². The third kappa shape index (κ3) is 6.35. The van der Waals surface area contributed by atoms with Crippen molar-refractivity contribution in [3.63, 3.8) is 0 Å². The average Bonchev–Trinajstić information content (AvgIpc) is 3.53. The molecular formula is C28H34FN7O3. The summed E-state index contributed by atoms with van der Waals surface area (Å²) < 4.78 is 24.1. The predicted octanol–water partition coefficient (Wildman–Crippen LogP) is 3.59. The Morgan fingerprint density at radius 1 is 1.38 bits per heavy atom. The Labute approximate surface area is 227 Å². The molecule has 0 amide bonds. The lowest BCUT2D eigenvalue weighted by Gasteiger charge is -2.30. The third-order valence-corrected chi connectivity index (χ3v) is 6.88. The second-order valence-corrected chi connectivity index (χ2v) is 9.59. The molecular weight excluding hydrogens is 501 g/mol. The Balaban J connectivity index is 1.59. The molecule has 1 aliphatic rings. The summed E-state index contributed by atoms with van der Waals surface area (Å²) in [7, 11) is 0. The van der Waals surface area contributed by atoms with E-state index in [1.807, 2.05) is 30.7 Å². The molecule has 0 saturated heterocycles. The van der Waals surface area contributed by atoms with Gasteiger partial charge in [-0.25, -0.2) is 9.38 Å². The molecule has 0 unspecified atom stereocenters. The fourth-order valence-electron chi connectivity index (χ4n) is 4.85. The lowest BCUT2D eigenvalue weighted by Crippen LogP contribution is -2.27. The van der Waals surface area contributed by atoms with Gasteiger partial charge in [-0.05, 0) is 58.4 Å². The zero-order valence-corrected chi connectivity index (χ0v) is 22.2. The number of nitriles is 1. The maximum absolute atomic E-state index is 14.5. The van der Waals surface area contributed by atoms with Gasteiger partial charge in [-0.3, -0.25) is 9.36 Å². The summed E-state index contributed by atoms with van der Waals surface area (Å²) in [5, 5.41) is 40.6. The number of rotatable bonds is 11. The maximum Gasteiger partial charge on any atom is 0.182 e. The van der Waals surface area contributed by atoms with Crippen molar-refractivity contribution in [2.24, 2.45) is 4.99 Å². The first-order valence-electron chi connectivity index (χ1n) is 13.1. The molecule has 0 radical (unpaired) electrons. The van der Waals surface area contributed by atoms with Crippen LogP contribution in [0.2, 0.25) is 0 Å². The topological polar surface area (TPSA) is 134 Å². The fourth-order valence-corrected chi connectivity index (χ4v) is 4.85. The molecule has 11 heteroatoms. The van der Waals surface area contributed by atoms with Crippen LogP contribution in [0.4, 0.5) is 4.39 Å². The van der Waals surface area contributed by atoms with Crippen LogP contribution in [0.5, 0.6) is 5.75 Å². The van der Waals surface area contributed by atoms with Gasteiger partial charge < -0.3 is 20.3 Å². The first-order valence-corrected chi connectivity index (χ1v) is 13.1. The number of ether oxygens (including phenoxy) is 1. The Morgan fingerprint density at radius 3 is 2.82 bits per heavy atom. The van der Waals surface area contributed by atoms with Gasteiger partial charge in [0, 0.05) is 29.9 Å². The summed E-state index contributed by atoms with van der Waals surface area (Å²) in [6.45, 7) is 8.19. The van der Waals surface area contributed by atoms with Crippen molar-refractivity contribution in [2.45, 2.75) is 64.3 Å². The minimum atomic E-state index is -0.899. The standard InChI is InChI=1S/C28H34FN7O3/c1-4-32-26(31-3)12-24-18(2)28(20-14-33-35(15-20)16-22(38)17-37)34-36(24)21-8-10-23(11-9-21)39-25-7-5-6-19(13-30)27(25)29/h5-7,12,14-15,21-23,32,37-38H,3-4,8-11,16-17H2,1-2H3/b26-12+/t21?,22-,23?/m0/s1. The number of aliphatic hydroxyl groups is 2. The molecule has 3 N–H and O–H groups in total. The van der Waals surface area contributed by atoms with Gasteiger partial charge >= 0.3 is 0 Å². The van der Waals surface area contributed by atoms with Crippen LogP contribution in [0.15, 0.2) is 41.4 Å². The molecule has 1 saturated carbocycles. The number of hydrogen-bond acceptors (Lipinski definition) is 8. The van der Waals surface area contributed by atoms with Crippen molar-refractivity contribution >= 4 is 12.8 Å². The van der Waals surface area contributed by atoms with Gasteiger partial charge in [0.2, 0.25) is 0 Å². The molecule has 1 aliphatic carbocycles. The highest BCUT2D eigenvalue weighted by Gasteiger charge is 2.28. The summed E-state index contributed by atoms with van der Waals surface area (Å²) in [5.41, 5.74) is 3.38. The van der Waals surface area contributed by atoms with Crippen LogP contribution in [0.3, 0.4) is 0 Å². The van der Waals surface area contributed by atoms with Crippen LogP contribution in [0.1, 0.15) is 55.5 Å². The van der Waals surface area contributed by atoms with Gasteiger partial charge in [-0.1, -0.05) is 6.07 Å². The number of aliphatic hydroxyl groups excluding tert-OH is 2. The highest BCUT2D eigenvalue weighted by Crippen LogP contribution is 2.36. The number of halogens is 1. The molecule has 4 rings (SSSR count). The number of nitrogens with zero attached hydrogens (tertiary/aromatic N) is 6. The lowest BCUT2D eigenvalue weighted by atomic mass is 9.92. The van der Waals surface area contributed by atoms with Gasteiger partial charge in [0.05, 0.1) is 54.5 Å². The molecule has 0 bridgehead atoms. The minimum Gasteiger partial charge on any atom is -0.487 e. The molecule has 1 atom stereocenters. The number of benzene rings is 1. The van der Waals surface area contributed by atoms with E-state index in [0.717, 1.165) is 35.4 Å². The Kier molecular flexibility index (Phi) is 9.11. The van der Waals surface area contributed by atoms with Gasteiger partial charge in [0.1, 0.15) is 11.9 Å². The molecule has 3 aromatic rings. The molecule has 1 aromatic carbocycles. The number of nitrogens with one attached hydrogen (secondary N) is 1. The number of aliphatic imine (C=N–C) groups is 1. The van der Waals surface area contributed by atoms with E-state index in [-0.39, 0.29) is 36.6 Å². The van der Waals surface area contributed by atoms with Gasteiger partial charge in [0.15, 0.2) is 11.6 Å². The molecule has 10 nitrogen and oxygen atoms in total. The van der Waals surface area contributed by atoms with Gasteiger partial charge in [-0.15, -0.1) is 0 Å². The van der Waals surface area contributed by atoms with E-state index < -0.39 is 11.9 Å². The highest BCUT2D eigenvalue weighted by atomic mass is 19.1. The number of hydrogen-bond donors (Lipinski definition) is 3. The monoisotopic (exact) mass is 535 g/mol. The van der Waals surface area contributed by atoms with E-state index >= 15 is 0 Å². The van der Waals surface area contributed by atoms with E-state index in [1.165, 1.54) is 6.07 Å². The van der Waals surface area contributed by atoms with Crippen molar-refractivity contribution in [1.82, 2.24) is 24.9 Å². The molecule has 2 heterocycles. The van der Waals surface area contributed by atoms with E-state index in [0.29, 0.717) is 25.2 Å². The Bertz CT molecular complexity index is 1370. The first-order chi connectivity index (χ1) is 18.9. The van der Waals surface area contributed by atoms with Crippen molar-refractivity contribution < 1.29 is 19.3 Å². The van der Waals surface area contributed by atoms with Crippen LogP contribution in [-0.4, -0.2) is 61.9 Å². The zero-order chi connectivity index (χ0) is 27.9. The second kappa shape index (κ2) is 12.7. The summed E-state index contributed by atoms with van der Waals surface area (Å²) in [5.74, 6) is 0.121. The van der Waals surface area contributed by atoms with Crippen LogP contribution in [0.25, 0.3) is 17.3 Å². The van der Waals surface area contributed by atoms with Crippen LogP contribution in [-0.2, 0) is 6.54 Å². The fraction of sp³-hybridized carbons (Fsp3) is 0.429. The SMILES string of the molecule is C=N/C(=C\c1c(C)c(-c2cnn(C[C@H](O)CO)c2)nn1C1CCC(Oc2cccc(C#N)c2F)CC1)NCC. The Morgan fingerprint density at radius 2 is 2.15 bits per heavy atom. The third-order valence-electron chi connectivity index (χ3n) is 6.88. The molecule has 39 heavy (non-hydrogen) atoms. The van der Waals surface area contributed by atoms with Gasteiger partial charge in [0.25, 0.3) is 0 Å². The normalized spacial score (nSPS) is 18.4. The quantitative estimate of drug-likeness (QED) is 0.320. The molecule has 0 aliphatic heterocycles. The molecule has 0 spiro atoms. The van der Waals surface area contributed by atoms with E-state index in [1.54, 1.807) is 29.2 Å². The van der Waals surface area contributed by atoms with Crippen molar-refractivity contribution in [3.8, 4) is 23.1 Å². The van der Waals surface area contributed by atoms with E-state index in [2.05, 4.69) is 22.1 Å². The minimum absolute atomic E-state index is 0.0290. The van der Waals surface area contributed by atoms with Crippen LogP contribution >= 0.6 is 0 Å². The van der Waals surface area contributed by atoms with Crippen molar-refractivity contribution in [2.75, 3.05) is 13.2 Å². The van der Waals surface area contributed by atoms with Crippen LogP contribution < -0.4 is 10.1 Å². The summed E-state index contributed by atoms with van der Waals surface area (Å²) in [6, 6.07) is 6.55. The highest BCUT2D eigenvalue weighted by molar-refractivity contribution is 5.68. The molecule has 1 fully saturated rings. The maximum atomic E-state index is 14.5. The lowest BCUT2D eigenvalue weighted by molar-refractivity contribution is 0.0783.